The topological polar surface area (TPSA) is 25.3 Å². The van der Waals surface area contributed by atoms with Gasteiger partial charge in [0.1, 0.15) is 0 Å². The number of aryl methyl sites for hydroxylation is 2. The summed E-state index contributed by atoms with van der Waals surface area (Å²) in [6.45, 7) is 20.1. The van der Waals surface area contributed by atoms with E-state index in [1.165, 1.54) is 92.9 Å². The van der Waals surface area contributed by atoms with E-state index in [9.17, 15) is 5.53 Å². The van der Waals surface area contributed by atoms with Crippen LogP contribution >= 0.6 is 0 Å². The summed E-state index contributed by atoms with van der Waals surface area (Å²) in [5.74, 6) is 0. The minimum atomic E-state index is 0. The molecule has 0 saturated heterocycles. The van der Waals surface area contributed by atoms with Gasteiger partial charge in [-0.1, -0.05) is 124 Å². The Morgan fingerprint density at radius 3 is 1.24 bits per heavy atom. The van der Waals surface area contributed by atoms with Crippen LogP contribution in [-0.2, 0) is 29.3 Å². The van der Waals surface area contributed by atoms with Crippen molar-refractivity contribution in [3.8, 4) is 0 Å². The van der Waals surface area contributed by atoms with Crippen LogP contribution in [0.5, 0.6) is 0 Å². The van der Waals surface area contributed by atoms with E-state index in [1.807, 2.05) is 13.8 Å². The number of rotatable bonds is 19. The van der Waals surface area contributed by atoms with Gasteiger partial charge in [-0.05, 0) is 86.8 Å². The second kappa shape index (κ2) is 28.1. The van der Waals surface area contributed by atoms with Crippen molar-refractivity contribution in [1.82, 2.24) is 0 Å². The Morgan fingerprint density at radius 1 is 0.500 bits per heavy atom. The third kappa shape index (κ3) is 15.7. The molecule has 0 fully saturated rings. The molecule has 0 aromatic heterocycles. The molecular weight excluding hydrogens is 603 g/mol. The van der Waals surface area contributed by atoms with Crippen LogP contribution in [0.4, 0.5) is 0 Å². The first-order valence-corrected chi connectivity index (χ1v) is 18.7. The predicted molar refractivity (Wildman–Crippen MR) is 201 cm³/mol. The molecule has 0 spiro atoms. The maximum absolute atomic E-state index is 11.9. The molecule has 2 nitrogen and oxygen atoms in total. The molecule has 0 N–H and O–H groups in total. The molecule has 2 aromatic carbocycles. The van der Waals surface area contributed by atoms with Crippen molar-refractivity contribution in [2.24, 2.45) is 0 Å². The van der Waals surface area contributed by atoms with Gasteiger partial charge in [0, 0.05) is 22.3 Å². The van der Waals surface area contributed by atoms with E-state index in [0.29, 0.717) is 0 Å². The monoisotopic (exact) mass is 670 g/mol. The number of benzene rings is 2. The molecule has 1 aliphatic heterocycles. The molecule has 1 heterocycles. The standard InChI is InChI=1S/C37H54N2.2C3H7.Ni/c1-5-9-13-16-20-30-22-18-24-32(28-30)36-34(26-12-8-4)35(27-15-11-7-3)37(39(36)38)33-25-19-23-31(29-33)21-17-14-10-6-2;2*1-3-2;/h18-19,22-25,28-29H,5-17,20-21,26-27H2,1-4H3;2*1,3H2,2H3;/q;2*-1;+2. The third-order valence-electron chi connectivity index (χ3n) is 8.21. The van der Waals surface area contributed by atoms with E-state index < -0.39 is 0 Å². The van der Waals surface area contributed by atoms with Crippen molar-refractivity contribution < 1.29 is 21.2 Å². The van der Waals surface area contributed by atoms with Crippen molar-refractivity contribution in [3.63, 3.8) is 0 Å². The molecular formula is C43H68N2Ni. The summed E-state index contributed by atoms with van der Waals surface area (Å²) in [5, 5.41) is 0. The molecule has 0 bridgehead atoms. The molecule has 2 aromatic rings. The van der Waals surface area contributed by atoms with Gasteiger partial charge in [0.2, 0.25) is 11.4 Å². The Kier molecular flexibility index (Phi) is 26.9. The van der Waals surface area contributed by atoms with E-state index in [-0.39, 0.29) is 16.5 Å². The van der Waals surface area contributed by atoms with E-state index >= 15 is 0 Å². The minimum Gasteiger partial charge on any atom is -0.493 e. The average molecular weight is 672 g/mol. The first kappa shape index (κ1) is 44.0. The SMILES string of the molecule is CCCCCCc1cccc(C2=C(CCCC)C(CCCCC)=C(c3cccc(CCCCCC)c3)[N+]2=[N-])c1.[CH2-]CC.[CH2-]CC.[Ni+2]. The van der Waals surface area contributed by atoms with Gasteiger partial charge in [-0.25, -0.2) is 4.70 Å². The van der Waals surface area contributed by atoms with E-state index in [1.54, 1.807) is 4.70 Å². The molecule has 1 aliphatic rings. The summed E-state index contributed by atoms with van der Waals surface area (Å²) < 4.78 is 1.57. The number of hydrogen-bond acceptors (Lipinski definition) is 0. The molecule has 3 rings (SSSR count). The van der Waals surface area contributed by atoms with Crippen LogP contribution in [0.25, 0.3) is 16.9 Å². The van der Waals surface area contributed by atoms with Gasteiger partial charge in [0.15, 0.2) is 0 Å². The minimum absolute atomic E-state index is 0. The zero-order valence-corrected chi connectivity index (χ0v) is 31.7. The number of hydrogen-bond donors (Lipinski definition) is 0. The van der Waals surface area contributed by atoms with Gasteiger partial charge in [0.25, 0.3) is 0 Å². The third-order valence-corrected chi connectivity index (χ3v) is 8.21. The Labute approximate surface area is 296 Å². The van der Waals surface area contributed by atoms with E-state index in [2.05, 4.69) is 90.1 Å². The largest absolute Gasteiger partial charge is 2.00 e. The smallest absolute Gasteiger partial charge is 0.493 e. The zero-order valence-electron chi connectivity index (χ0n) is 30.7. The Morgan fingerprint density at radius 2 is 0.848 bits per heavy atom. The second-order valence-electron chi connectivity index (χ2n) is 12.5. The first-order chi connectivity index (χ1) is 22.0. The van der Waals surface area contributed by atoms with Gasteiger partial charge in [-0.2, -0.15) is 12.8 Å². The van der Waals surface area contributed by atoms with Crippen LogP contribution in [0.2, 0.25) is 0 Å². The van der Waals surface area contributed by atoms with Gasteiger partial charge in [-0.3, -0.25) is 0 Å². The number of allylic oxidation sites excluding steroid dienone is 2. The molecule has 0 amide bonds. The van der Waals surface area contributed by atoms with Crippen LogP contribution in [0.15, 0.2) is 59.7 Å². The Bertz CT molecular complexity index is 1140. The fraction of sp³-hybridized carbons (Fsp3) is 0.581. The molecule has 260 valence electrons. The molecule has 0 radical (unpaired) electrons. The number of unbranched alkanes of at least 4 members (excludes halogenated alkanes) is 9. The average Bonchev–Trinajstić information content (AvgIpc) is 3.32. The quantitative estimate of drug-likeness (QED) is 0.0615. The molecule has 0 aliphatic carbocycles. The summed E-state index contributed by atoms with van der Waals surface area (Å²) in [4.78, 5) is 0. The van der Waals surface area contributed by atoms with Gasteiger partial charge < -0.3 is 19.4 Å². The van der Waals surface area contributed by atoms with Gasteiger partial charge in [0.05, 0.1) is 0 Å². The van der Waals surface area contributed by atoms with E-state index in [0.717, 1.165) is 73.9 Å². The maximum Gasteiger partial charge on any atom is 2.00 e. The maximum atomic E-state index is 11.9. The van der Waals surface area contributed by atoms with Crippen molar-refractivity contribution in [2.75, 3.05) is 0 Å². The summed E-state index contributed by atoms with van der Waals surface area (Å²) >= 11 is 0. The fourth-order valence-corrected chi connectivity index (χ4v) is 5.95. The van der Waals surface area contributed by atoms with Crippen LogP contribution in [0.3, 0.4) is 0 Å². The first-order valence-electron chi connectivity index (χ1n) is 18.7. The van der Waals surface area contributed by atoms with Crippen LogP contribution in [0.1, 0.15) is 173 Å². The Hall–Kier alpha value is -1.99. The normalized spacial score (nSPS) is 12.4. The van der Waals surface area contributed by atoms with Crippen molar-refractivity contribution in [2.45, 2.75) is 164 Å². The van der Waals surface area contributed by atoms with Gasteiger partial charge >= 0.3 is 16.5 Å². The molecule has 0 saturated carbocycles. The summed E-state index contributed by atoms with van der Waals surface area (Å²) in [6.07, 6.45) is 22.4. The summed E-state index contributed by atoms with van der Waals surface area (Å²) in [7, 11) is 0. The van der Waals surface area contributed by atoms with Crippen LogP contribution in [0, 0.1) is 13.8 Å². The summed E-state index contributed by atoms with van der Waals surface area (Å²) in [6, 6.07) is 18.0. The Balaban J connectivity index is 0.00000268. The second-order valence-corrected chi connectivity index (χ2v) is 12.5. The molecule has 3 heteroatoms. The predicted octanol–water partition coefficient (Wildman–Crippen LogP) is 14.3. The van der Waals surface area contributed by atoms with Crippen molar-refractivity contribution in [1.29, 1.82) is 0 Å². The van der Waals surface area contributed by atoms with Crippen LogP contribution < -0.4 is 0 Å². The van der Waals surface area contributed by atoms with Crippen LogP contribution in [-0.4, -0.2) is 4.70 Å². The summed E-state index contributed by atoms with van der Waals surface area (Å²) in [5.41, 5.74) is 21.8. The molecule has 0 unspecified atom stereocenters. The molecule has 0 atom stereocenters. The zero-order chi connectivity index (χ0) is 33.3. The van der Waals surface area contributed by atoms with E-state index in [4.69, 9.17) is 0 Å². The van der Waals surface area contributed by atoms with Crippen molar-refractivity contribution in [3.05, 3.63) is 101 Å². The van der Waals surface area contributed by atoms with Crippen molar-refractivity contribution >= 4 is 11.4 Å². The molecule has 46 heavy (non-hydrogen) atoms. The van der Waals surface area contributed by atoms with Gasteiger partial charge in [-0.15, -0.1) is 0 Å². The number of nitrogens with zero attached hydrogens (tertiary/aromatic N) is 2. The fourth-order valence-electron chi connectivity index (χ4n) is 5.95.